The van der Waals surface area contributed by atoms with Crippen LogP contribution in [0.3, 0.4) is 0 Å². The van der Waals surface area contributed by atoms with E-state index in [4.69, 9.17) is 4.74 Å². The summed E-state index contributed by atoms with van der Waals surface area (Å²) >= 11 is 0. The highest BCUT2D eigenvalue weighted by Crippen LogP contribution is 2.48. The van der Waals surface area contributed by atoms with E-state index in [0.29, 0.717) is 25.0 Å². The zero-order chi connectivity index (χ0) is 14.5. The van der Waals surface area contributed by atoms with E-state index in [1.807, 2.05) is 13.8 Å². The van der Waals surface area contributed by atoms with Gasteiger partial charge in [0.1, 0.15) is 0 Å². The van der Waals surface area contributed by atoms with E-state index in [9.17, 15) is 9.90 Å². The number of hydrogen-bond acceptors (Lipinski definition) is 3. The van der Waals surface area contributed by atoms with Crippen LogP contribution in [0.25, 0.3) is 0 Å². The van der Waals surface area contributed by atoms with Crippen LogP contribution in [0.2, 0.25) is 0 Å². The van der Waals surface area contributed by atoms with Gasteiger partial charge in [-0.25, -0.2) is 4.79 Å². The third-order valence-corrected chi connectivity index (χ3v) is 4.65. The summed E-state index contributed by atoms with van der Waals surface area (Å²) in [7, 11) is 0. The van der Waals surface area contributed by atoms with Gasteiger partial charge in [0.2, 0.25) is 0 Å². The van der Waals surface area contributed by atoms with Crippen molar-refractivity contribution in [1.29, 1.82) is 0 Å². The summed E-state index contributed by atoms with van der Waals surface area (Å²) in [6.07, 6.45) is 4.63. The molecule has 4 atom stereocenters. The van der Waals surface area contributed by atoms with Crippen LogP contribution in [0.15, 0.2) is 0 Å². The lowest BCUT2D eigenvalue weighted by atomic mass is 9.85. The fourth-order valence-electron chi connectivity index (χ4n) is 3.69. The molecule has 5 nitrogen and oxygen atoms in total. The highest BCUT2D eigenvalue weighted by Gasteiger charge is 2.47. The summed E-state index contributed by atoms with van der Waals surface area (Å²) in [6.45, 7) is 5.50. The molecule has 2 saturated carbocycles. The maximum Gasteiger partial charge on any atom is 0.315 e. The predicted molar refractivity (Wildman–Crippen MR) is 77.4 cm³/mol. The maximum atomic E-state index is 11.9. The van der Waals surface area contributed by atoms with Gasteiger partial charge < -0.3 is 20.5 Å². The molecule has 3 N–H and O–H groups in total. The Kier molecular flexibility index (Phi) is 5.66. The molecule has 0 spiro atoms. The zero-order valence-corrected chi connectivity index (χ0v) is 12.6. The van der Waals surface area contributed by atoms with E-state index in [0.717, 1.165) is 6.42 Å². The third-order valence-electron chi connectivity index (χ3n) is 4.65. The standard InChI is InChI=1S/C15H28N2O3/c1-10(2)20-7-3-6-16-15(19)17-14-12-5-4-11(8-12)13(14)9-18/h10-14,18H,3-9H2,1-2H3,(H2,16,17,19). The van der Waals surface area contributed by atoms with Gasteiger partial charge in [0.25, 0.3) is 0 Å². The molecule has 2 amide bonds. The summed E-state index contributed by atoms with van der Waals surface area (Å²) in [5, 5.41) is 15.4. The van der Waals surface area contributed by atoms with E-state index < -0.39 is 0 Å². The van der Waals surface area contributed by atoms with Crippen molar-refractivity contribution < 1.29 is 14.6 Å². The Hall–Kier alpha value is -0.810. The summed E-state index contributed by atoms with van der Waals surface area (Å²) < 4.78 is 5.43. The molecule has 0 radical (unpaired) electrons. The van der Waals surface area contributed by atoms with Gasteiger partial charge in [0, 0.05) is 31.7 Å². The third kappa shape index (κ3) is 3.85. The zero-order valence-electron chi connectivity index (χ0n) is 12.6. The molecule has 2 fully saturated rings. The number of amides is 2. The van der Waals surface area contributed by atoms with E-state index in [1.54, 1.807) is 0 Å². The van der Waals surface area contributed by atoms with Crippen molar-refractivity contribution in [3.05, 3.63) is 0 Å². The Bertz CT molecular complexity index is 322. The summed E-state index contributed by atoms with van der Waals surface area (Å²) in [5.74, 6) is 1.42. The van der Waals surface area contributed by atoms with Gasteiger partial charge in [-0.05, 0) is 51.4 Å². The molecule has 0 aromatic carbocycles. The molecule has 2 aliphatic rings. The van der Waals surface area contributed by atoms with Crippen molar-refractivity contribution in [2.75, 3.05) is 19.8 Å². The normalized spacial score (nSPS) is 31.8. The van der Waals surface area contributed by atoms with Crippen LogP contribution in [0.1, 0.15) is 39.5 Å². The first-order valence-electron chi connectivity index (χ1n) is 7.88. The molecule has 4 unspecified atom stereocenters. The number of aliphatic hydroxyl groups excluding tert-OH is 1. The average Bonchev–Trinajstić information content (AvgIpc) is 2.98. The SMILES string of the molecule is CC(C)OCCCNC(=O)NC1C2CCC(C2)C1CO. The molecular formula is C15H28N2O3. The minimum absolute atomic E-state index is 0.106. The Balaban J connectivity index is 1.64. The highest BCUT2D eigenvalue weighted by molar-refractivity contribution is 5.74. The minimum Gasteiger partial charge on any atom is -0.396 e. The van der Waals surface area contributed by atoms with Crippen molar-refractivity contribution in [3.8, 4) is 0 Å². The quantitative estimate of drug-likeness (QED) is 0.621. The van der Waals surface area contributed by atoms with Crippen LogP contribution >= 0.6 is 0 Å². The number of aliphatic hydroxyl groups is 1. The molecule has 0 heterocycles. The predicted octanol–water partition coefficient (Wildman–Crippen LogP) is 1.51. The van der Waals surface area contributed by atoms with Gasteiger partial charge in [0.05, 0.1) is 6.10 Å². The summed E-state index contributed by atoms with van der Waals surface area (Å²) in [6, 6.07) is 0.0520. The molecule has 20 heavy (non-hydrogen) atoms. The topological polar surface area (TPSA) is 70.6 Å². The number of fused-ring (bicyclic) bond motifs is 2. The van der Waals surface area contributed by atoms with Crippen LogP contribution < -0.4 is 10.6 Å². The molecule has 116 valence electrons. The summed E-state index contributed by atoms with van der Waals surface area (Å²) in [4.78, 5) is 11.9. The molecule has 0 aromatic rings. The van der Waals surface area contributed by atoms with Gasteiger partial charge in [-0.2, -0.15) is 0 Å². The molecule has 0 aliphatic heterocycles. The van der Waals surface area contributed by atoms with Gasteiger partial charge in [0.15, 0.2) is 0 Å². The second kappa shape index (κ2) is 7.27. The number of hydrogen-bond donors (Lipinski definition) is 3. The van der Waals surface area contributed by atoms with E-state index >= 15 is 0 Å². The molecule has 2 rings (SSSR count). The number of carbonyl (C=O) groups excluding carboxylic acids is 1. The number of urea groups is 1. The van der Waals surface area contributed by atoms with Gasteiger partial charge in [-0.15, -0.1) is 0 Å². The van der Waals surface area contributed by atoms with Crippen LogP contribution in [-0.2, 0) is 4.74 Å². The van der Waals surface area contributed by atoms with Crippen molar-refractivity contribution >= 4 is 6.03 Å². The van der Waals surface area contributed by atoms with E-state index in [1.165, 1.54) is 19.3 Å². The minimum atomic E-state index is -0.106. The molecule has 2 aliphatic carbocycles. The second-order valence-corrected chi connectivity index (χ2v) is 6.38. The number of ether oxygens (including phenoxy) is 1. The van der Waals surface area contributed by atoms with Crippen LogP contribution in [0.4, 0.5) is 4.79 Å². The smallest absolute Gasteiger partial charge is 0.315 e. The van der Waals surface area contributed by atoms with Crippen molar-refractivity contribution in [1.82, 2.24) is 10.6 Å². The lowest BCUT2D eigenvalue weighted by Crippen LogP contribution is -2.49. The van der Waals surface area contributed by atoms with E-state index in [-0.39, 0.29) is 30.7 Å². The Morgan fingerprint density at radius 1 is 1.35 bits per heavy atom. The molecule has 5 heteroatoms. The van der Waals surface area contributed by atoms with E-state index in [2.05, 4.69) is 10.6 Å². The lowest BCUT2D eigenvalue weighted by molar-refractivity contribution is 0.0773. The van der Waals surface area contributed by atoms with Crippen LogP contribution in [0, 0.1) is 17.8 Å². The fourth-order valence-corrected chi connectivity index (χ4v) is 3.69. The first-order valence-corrected chi connectivity index (χ1v) is 7.88. The maximum absolute atomic E-state index is 11.9. The fraction of sp³-hybridized carbons (Fsp3) is 0.933. The second-order valence-electron chi connectivity index (χ2n) is 6.38. The van der Waals surface area contributed by atoms with Gasteiger partial charge in [-0.3, -0.25) is 0 Å². The first-order chi connectivity index (χ1) is 9.61. The van der Waals surface area contributed by atoms with Gasteiger partial charge in [-0.1, -0.05) is 0 Å². The van der Waals surface area contributed by atoms with Crippen molar-refractivity contribution in [2.24, 2.45) is 17.8 Å². The van der Waals surface area contributed by atoms with Crippen LogP contribution in [0.5, 0.6) is 0 Å². The van der Waals surface area contributed by atoms with Crippen LogP contribution in [-0.4, -0.2) is 43.0 Å². The lowest BCUT2D eigenvalue weighted by Gasteiger charge is -2.30. The molecule has 0 saturated heterocycles. The Morgan fingerprint density at radius 3 is 2.80 bits per heavy atom. The Labute approximate surface area is 121 Å². The van der Waals surface area contributed by atoms with Crippen molar-refractivity contribution in [3.63, 3.8) is 0 Å². The highest BCUT2D eigenvalue weighted by atomic mass is 16.5. The average molecular weight is 284 g/mol. The first kappa shape index (κ1) is 15.6. The molecular weight excluding hydrogens is 256 g/mol. The number of carbonyl (C=O) groups is 1. The van der Waals surface area contributed by atoms with Gasteiger partial charge >= 0.3 is 6.03 Å². The number of nitrogens with one attached hydrogen (secondary N) is 2. The number of rotatable bonds is 7. The molecule has 2 bridgehead atoms. The molecule has 0 aromatic heterocycles. The summed E-state index contributed by atoms with van der Waals surface area (Å²) in [5.41, 5.74) is 0. The van der Waals surface area contributed by atoms with Crippen molar-refractivity contribution in [2.45, 2.75) is 51.7 Å². The largest absolute Gasteiger partial charge is 0.396 e. The Morgan fingerprint density at radius 2 is 2.10 bits per heavy atom. The monoisotopic (exact) mass is 284 g/mol.